The maximum absolute atomic E-state index is 12.8. The molecular formula is C18H25BrN4O2. The van der Waals surface area contributed by atoms with Crippen LogP contribution in [-0.4, -0.2) is 27.6 Å². The van der Waals surface area contributed by atoms with Gasteiger partial charge in [-0.2, -0.15) is 5.10 Å². The fourth-order valence-electron chi connectivity index (χ4n) is 2.71. The Morgan fingerprint density at radius 3 is 2.60 bits per heavy atom. The Kier molecular flexibility index (Phi) is 5.87. The molecule has 0 aliphatic heterocycles. The molecule has 2 amide bonds. The van der Waals surface area contributed by atoms with E-state index >= 15 is 0 Å². The molecule has 1 aromatic carbocycles. The van der Waals surface area contributed by atoms with Crippen LogP contribution >= 0.6 is 15.9 Å². The third-order valence-electron chi connectivity index (χ3n) is 4.08. The van der Waals surface area contributed by atoms with Crippen LogP contribution in [0, 0.1) is 5.41 Å². The lowest BCUT2D eigenvalue weighted by Gasteiger charge is -2.28. The monoisotopic (exact) mass is 408 g/mol. The number of nitrogens with two attached hydrogens (primary N) is 1. The highest BCUT2D eigenvalue weighted by Crippen LogP contribution is 2.25. The number of rotatable bonds is 6. The number of carbonyl (C=O) groups excluding carboxylic acids is 2. The highest BCUT2D eigenvalue weighted by Gasteiger charge is 2.32. The van der Waals surface area contributed by atoms with Gasteiger partial charge in [-0.3, -0.25) is 14.3 Å². The van der Waals surface area contributed by atoms with Gasteiger partial charge in [0.25, 0.3) is 5.91 Å². The molecule has 3 N–H and O–H groups in total. The number of nitrogens with one attached hydrogen (secondary N) is 1. The molecule has 2 aromatic rings. The number of aromatic nitrogens is 2. The van der Waals surface area contributed by atoms with Gasteiger partial charge in [0.05, 0.1) is 5.52 Å². The maximum Gasteiger partial charge on any atom is 0.273 e. The number of nitrogens with zero attached hydrogens (tertiary/aromatic N) is 2. The molecule has 7 heteroatoms. The van der Waals surface area contributed by atoms with Gasteiger partial charge in [0.1, 0.15) is 6.04 Å². The van der Waals surface area contributed by atoms with E-state index in [-0.39, 0.29) is 0 Å². The molecule has 0 aliphatic rings. The summed E-state index contributed by atoms with van der Waals surface area (Å²) in [4.78, 5) is 24.6. The molecular weight excluding hydrogens is 384 g/mol. The average Bonchev–Trinajstić information content (AvgIpc) is 2.86. The molecule has 136 valence electrons. The number of aryl methyl sites for hydroxylation is 1. The number of carbonyl (C=O) groups is 2. The smallest absolute Gasteiger partial charge is 0.273 e. The van der Waals surface area contributed by atoms with E-state index in [0.717, 1.165) is 34.8 Å². The summed E-state index contributed by atoms with van der Waals surface area (Å²) in [5.41, 5.74) is 6.19. The van der Waals surface area contributed by atoms with Crippen molar-refractivity contribution in [3.8, 4) is 0 Å². The lowest BCUT2D eigenvalue weighted by atomic mass is 9.86. The second-order valence-electron chi connectivity index (χ2n) is 7.26. The van der Waals surface area contributed by atoms with Crippen LogP contribution in [0.15, 0.2) is 22.7 Å². The summed E-state index contributed by atoms with van der Waals surface area (Å²) in [6.45, 7) is 8.42. The molecule has 25 heavy (non-hydrogen) atoms. The Labute approximate surface area is 156 Å². The first-order valence-electron chi connectivity index (χ1n) is 8.41. The largest absolute Gasteiger partial charge is 0.368 e. The normalized spacial score (nSPS) is 13.0. The topological polar surface area (TPSA) is 90.0 Å². The van der Waals surface area contributed by atoms with Crippen LogP contribution in [0.2, 0.25) is 0 Å². The van der Waals surface area contributed by atoms with Crippen molar-refractivity contribution in [3.05, 3.63) is 28.4 Å². The average molecular weight is 409 g/mol. The summed E-state index contributed by atoms with van der Waals surface area (Å²) in [6, 6.07) is 4.96. The van der Waals surface area contributed by atoms with Gasteiger partial charge in [-0.15, -0.1) is 0 Å². The van der Waals surface area contributed by atoms with Crippen molar-refractivity contribution in [3.63, 3.8) is 0 Å². The zero-order valence-corrected chi connectivity index (χ0v) is 16.7. The zero-order valence-electron chi connectivity index (χ0n) is 15.1. The van der Waals surface area contributed by atoms with Crippen molar-refractivity contribution < 1.29 is 9.59 Å². The van der Waals surface area contributed by atoms with Crippen molar-refractivity contribution in [1.29, 1.82) is 0 Å². The summed E-state index contributed by atoms with van der Waals surface area (Å²) >= 11 is 3.44. The molecule has 1 heterocycles. The Hall–Kier alpha value is -1.89. The van der Waals surface area contributed by atoms with E-state index in [1.54, 1.807) is 0 Å². The van der Waals surface area contributed by atoms with Gasteiger partial charge in [0.15, 0.2) is 5.69 Å². The number of fused-ring (bicyclic) bond motifs is 1. The van der Waals surface area contributed by atoms with E-state index in [4.69, 9.17) is 5.73 Å². The van der Waals surface area contributed by atoms with Gasteiger partial charge < -0.3 is 11.1 Å². The Bertz CT molecular complexity index is 792. The minimum Gasteiger partial charge on any atom is -0.368 e. The molecule has 1 aromatic heterocycles. The van der Waals surface area contributed by atoms with Gasteiger partial charge in [-0.05, 0) is 30.0 Å². The summed E-state index contributed by atoms with van der Waals surface area (Å²) < 4.78 is 2.71. The quantitative estimate of drug-likeness (QED) is 0.768. The Balaban J connectivity index is 2.43. The first-order valence-corrected chi connectivity index (χ1v) is 9.20. The van der Waals surface area contributed by atoms with Crippen molar-refractivity contribution in [2.45, 2.75) is 53.1 Å². The fraction of sp³-hybridized carbons (Fsp3) is 0.500. The second-order valence-corrected chi connectivity index (χ2v) is 8.18. The summed E-state index contributed by atoms with van der Waals surface area (Å²) in [7, 11) is 0. The molecule has 0 aliphatic carbocycles. The highest BCUT2D eigenvalue weighted by molar-refractivity contribution is 9.10. The van der Waals surface area contributed by atoms with E-state index < -0.39 is 23.3 Å². The molecule has 0 saturated heterocycles. The first kappa shape index (κ1) is 19.4. The third-order valence-corrected chi connectivity index (χ3v) is 4.57. The molecule has 2 rings (SSSR count). The van der Waals surface area contributed by atoms with Crippen LogP contribution in [0.1, 0.15) is 51.0 Å². The molecule has 6 nitrogen and oxygen atoms in total. The molecule has 1 atom stereocenters. The number of halogens is 1. The lowest BCUT2D eigenvalue weighted by molar-refractivity contribution is -0.122. The predicted octanol–water partition coefficient (Wildman–Crippen LogP) is 3.23. The first-order chi connectivity index (χ1) is 11.6. The lowest BCUT2D eigenvalue weighted by Crippen LogP contribution is -2.52. The van der Waals surface area contributed by atoms with E-state index in [2.05, 4.69) is 33.3 Å². The van der Waals surface area contributed by atoms with Gasteiger partial charge in [0, 0.05) is 16.4 Å². The van der Waals surface area contributed by atoms with Crippen molar-refractivity contribution in [1.82, 2.24) is 15.1 Å². The van der Waals surface area contributed by atoms with Gasteiger partial charge in [-0.1, -0.05) is 50.0 Å². The predicted molar refractivity (Wildman–Crippen MR) is 102 cm³/mol. The van der Waals surface area contributed by atoms with Crippen molar-refractivity contribution in [2.24, 2.45) is 11.1 Å². The molecule has 0 bridgehead atoms. The number of unbranched alkanes of at least 4 members (excludes halogenated alkanes) is 1. The van der Waals surface area contributed by atoms with Gasteiger partial charge >= 0.3 is 0 Å². The van der Waals surface area contributed by atoms with E-state index in [0.29, 0.717) is 5.69 Å². The van der Waals surface area contributed by atoms with Crippen molar-refractivity contribution >= 4 is 38.6 Å². The number of hydrogen-bond acceptors (Lipinski definition) is 3. The fourth-order valence-corrected chi connectivity index (χ4v) is 3.07. The minimum absolute atomic E-state index is 0.308. The standard InChI is InChI=1S/C18H25BrN4O2/c1-5-6-9-23-13-8-7-11(19)10-12(13)14(22-23)17(25)21-15(16(20)24)18(2,3)4/h7-8,10,15H,5-6,9H2,1-4H3,(H2,20,24)(H,21,25)/t15-/m1/s1. The molecule has 0 radical (unpaired) electrons. The zero-order chi connectivity index (χ0) is 18.8. The molecule has 0 fully saturated rings. The Morgan fingerprint density at radius 1 is 1.36 bits per heavy atom. The number of amides is 2. The number of hydrogen-bond donors (Lipinski definition) is 2. The van der Waals surface area contributed by atoms with E-state index in [9.17, 15) is 9.59 Å². The molecule has 0 spiro atoms. The van der Waals surface area contributed by atoms with Crippen LogP contribution in [0.3, 0.4) is 0 Å². The summed E-state index contributed by atoms with van der Waals surface area (Å²) in [5, 5.41) is 7.99. The van der Waals surface area contributed by atoms with E-state index in [1.165, 1.54) is 0 Å². The third kappa shape index (κ3) is 4.39. The van der Waals surface area contributed by atoms with E-state index in [1.807, 2.05) is 43.7 Å². The van der Waals surface area contributed by atoms with Crippen molar-refractivity contribution in [2.75, 3.05) is 0 Å². The highest BCUT2D eigenvalue weighted by atomic mass is 79.9. The van der Waals surface area contributed by atoms with Gasteiger partial charge in [0.2, 0.25) is 5.91 Å². The maximum atomic E-state index is 12.8. The van der Waals surface area contributed by atoms with Crippen LogP contribution in [0.5, 0.6) is 0 Å². The number of benzene rings is 1. The summed E-state index contributed by atoms with van der Waals surface area (Å²) in [6.07, 6.45) is 2.01. The molecule has 0 saturated carbocycles. The second kappa shape index (κ2) is 7.56. The molecule has 0 unspecified atom stereocenters. The SMILES string of the molecule is CCCCn1nc(C(=O)N[C@H](C(N)=O)C(C)(C)C)c2cc(Br)ccc21. The minimum atomic E-state index is -0.775. The van der Waals surface area contributed by atoms with Crippen LogP contribution in [0.4, 0.5) is 0 Å². The van der Waals surface area contributed by atoms with Gasteiger partial charge in [-0.25, -0.2) is 0 Å². The summed E-state index contributed by atoms with van der Waals surface area (Å²) in [5.74, 6) is -0.950. The van der Waals surface area contributed by atoms with Crippen LogP contribution < -0.4 is 11.1 Å². The number of primary amides is 1. The van der Waals surface area contributed by atoms with Crippen LogP contribution in [-0.2, 0) is 11.3 Å². The van der Waals surface area contributed by atoms with Crippen LogP contribution in [0.25, 0.3) is 10.9 Å². The Morgan fingerprint density at radius 2 is 2.04 bits per heavy atom.